The maximum Gasteiger partial charge on any atom is 0.228 e. The van der Waals surface area contributed by atoms with Crippen molar-refractivity contribution in [2.24, 2.45) is 0 Å². The molecule has 1 atom stereocenters. The number of carbonyl (C=O) groups excluding carboxylic acids is 1. The lowest BCUT2D eigenvalue weighted by Crippen LogP contribution is -2.19. The highest BCUT2D eigenvalue weighted by atomic mass is 16.5. The van der Waals surface area contributed by atoms with Crippen molar-refractivity contribution in [1.29, 1.82) is 0 Å². The minimum Gasteiger partial charge on any atom is -0.381 e. The first-order chi connectivity index (χ1) is 6.22. The highest BCUT2D eigenvalue weighted by Gasteiger charge is 2.08. The van der Waals surface area contributed by atoms with Gasteiger partial charge >= 0.3 is 0 Å². The third-order valence-corrected chi connectivity index (χ3v) is 1.58. The zero-order chi connectivity index (χ0) is 9.68. The molecular weight excluding hydrogens is 172 g/mol. The molecule has 1 heterocycles. The molecule has 0 aliphatic rings. The SMILES string of the molecule is COC(C)CC(=O)Nc1ccon1. The fraction of sp³-hybridized carbons (Fsp3) is 0.500. The van der Waals surface area contributed by atoms with Crippen molar-refractivity contribution in [3.8, 4) is 0 Å². The number of nitrogens with one attached hydrogen (secondary N) is 1. The maximum atomic E-state index is 11.2. The van der Waals surface area contributed by atoms with Crippen LogP contribution in [0.3, 0.4) is 0 Å². The van der Waals surface area contributed by atoms with Gasteiger partial charge in [-0.15, -0.1) is 0 Å². The number of anilines is 1. The van der Waals surface area contributed by atoms with Crippen LogP contribution in [0.4, 0.5) is 5.82 Å². The summed E-state index contributed by atoms with van der Waals surface area (Å²) in [6, 6.07) is 1.58. The van der Waals surface area contributed by atoms with Crippen LogP contribution in [0.15, 0.2) is 16.9 Å². The highest BCUT2D eigenvalue weighted by Crippen LogP contribution is 2.03. The number of aromatic nitrogens is 1. The van der Waals surface area contributed by atoms with Gasteiger partial charge in [0.15, 0.2) is 5.82 Å². The molecule has 0 aliphatic carbocycles. The van der Waals surface area contributed by atoms with Gasteiger partial charge in [0.25, 0.3) is 0 Å². The monoisotopic (exact) mass is 184 g/mol. The van der Waals surface area contributed by atoms with Crippen LogP contribution in [0.1, 0.15) is 13.3 Å². The summed E-state index contributed by atoms with van der Waals surface area (Å²) < 4.78 is 9.49. The second-order valence-electron chi connectivity index (χ2n) is 2.68. The van der Waals surface area contributed by atoms with E-state index in [1.807, 2.05) is 6.92 Å². The second-order valence-corrected chi connectivity index (χ2v) is 2.68. The summed E-state index contributed by atoms with van der Waals surface area (Å²) in [7, 11) is 1.56. The van der Waals surface area contributed by atoms with Crippen molar-refractivity contribution >= 4 is 11.7 Å². The number of amides is 1. The average Bonchev–Trinajstić information content (AvgIpc) is 2.56. The largest absolute Gasteiger partial charge is 0.381 e. The number of ether oxygens (including phenoxy) is 1. The van der Waals surface area contributed by atoms with Crippen LogP contribution in [0, 0.1) is 0 Å². The molecule has 0 radical (unpaired) electrons. The Morgan fingerprint density at radius 3 is 3.15 bits per heavy atom. The third-order valence-electron chi connectivity index (χ3n) is 1.58. The maximum absolute atomic E-state index is 11.2. The molecule has 13 heavy (non-hydrogen) atoms. The van der Waals surface area contributed by atoms with Crippen LogP contribution in [0.5, 0.6) is 0 Å². The number of rotatable bonds is 4. The Bertz CT molecular complexity index is 258. The van der Waals surface area contributed by atoms with Crippen LogP contribution in [-0.4, -0.2) is 24.3 Å². The predicted octanol–water partition coefficient (Wildman–Crippen LogP) is 1.04. The van der Waals surface area contributed by atoms with Crippen molar-refractivity contribution in [3.63, 3.8) is 0 Å². The van der Waals surface area contributed by atoms with Crippen molar-refractivity contribution in [3.05, 3.63) is 12.3 Å². The van der Waals surface area contributed by atoms with E-state index in [1.165, 1.54) is 6.26 Å². The van der Waals surface area contributed by atoms with Crippen molar-refractivity contribution in [1.82, 2.24) is 5.16 Å². The standard InChI is InChI=1S/C8H12N2O3/c1-6(12-2)5-8(11)9-7-3-4-13-10-7/h3-4,6H,5H2,1-2H3,(H,9,10,11). The van der Waals surface area contributed by atoms with Gasteiger partial charge in [0.1, 0.15) is 6.26 Å². The lowest BCUT2D eigenvalue weighted by Gasteiger charge is -2.07. The van der Waals surface area contributed by atoms with Crippen molar-refractivity contribution in [2.75, 3.05) is 12.4 Å². The molecule has 0 aliphatic heterocycles. The van der Waals surface area contributed by atoms with E-state index in [0.29, 0.717) is 12.2 Å². The third kappa shape index (κ3) is 3.25. The number of carbonyl (C=O) groups is 1. The summed E-state index contributed by atoms with van der Waals surface area (Å²) >= 11 is 0. The summed E-state index contributed by atoms with van der Waals surface area (Å²) in [4.78, 5) is 11.2. The van der Waals surface area contributed by atoms with Crippen molar-refractivity contribution in [2.45, 2.75) is 19.4 Å². The number of hydrogen-bond donors (Lipinski definition) is 1. The van der Waals surface area contributed by atoms with E-state index in [2.05, 4.69) is 15.0 Å². The lowest BCUT2D eigenvalue weighted by molar-refractivity contribution is -0.118. The van der Waals surface area contributed by atoms with E-state index in [-0.39, 0.29) is 12.0 Å². The quantitative estimate of drug-likeness (QED) is 0.759. The first kappa shape index (κ1) is 9.73. The zero-order valence-electron chi connectivity index (χ0n) is 7.61. The van der Waals surface area contributed by atoms with Crippen LogP contribution in [-0.2, 0) is 9.53 Å². The Morgan fingerprint density at radius 1 is 1.85 bits per heavy atom. The van der Waals surface area contributed by atoms with E-state index in [1.54, 1.807) is 13.2 Å². The molecule has 5 nitrogen and oxygen atoms in total. The average molecular weight is 184 g/mol. The van der Waals surface area contributed by atoms with E-state index in [0.717, 1.165) is 0 Å². The van der Waals surface area contributed by atoms with E-state index < -0.39 is 0 Å². The van der Waals surface area contributed by atoms with Gasteiger partial charge in [0.2, 0.25) is 5.91 Å². The molecule has 1 N–H and O–H groups in total. The Balaban J connectivity index is 2.34. The molecule has 72 valence electrons. The summed E-state index contributed by atoms with van der Waals surface area (Å²) in [5.41, 5.74) is 0. The molecule has 1 rings (SSSR count). The predicted molar refractivity (Wildman–Crippen MR) is 46.2 cm³/mol. The molecule has 0 saturated heterocycles. The molecule has 5 heteroatoms. The molecular formula is C8H12N2O3. The lowest BCUT2D eigenvalue weighted by atomic mass is 10.3. The molecule has 0 bridgehead atoms. The van der Waals surface area contributed by atoms with Gasteiger partial charge in [-0.2, -0.15) is 0 Å². The van der Waals surface area contributed by atoms with Crippen LogP contribution >= 0.6 is 0 Å². The topological polar surface area (TPSA) is 64.4 Å². The molecule has 0 spiro atoms. The molecule has 1 aromatic rings. The number of hydrogen-bond acceptors (Lipinski definition) is 4. The number of nitrogens with zero attached hydrogens (tertiary/aromatic N) is 1. The van der Waals surface area contributed by atoms with Gasteiger partial charge in [0, 0.05) is 13.2 Å². The van der Waals surface area contributed by atoms with Gasteiger partial charge in [-0.1, -0.05) is 5.16 Å². The molecule has 1 unspecified atom stereocenters. The Hall–Kier alpha value is -1.36. The summed E-state index contributed by atoms with van der Waals surface area (Å²) in [5.74, 6) is 0.288. The highest BCUT2D eigenvalue weighted by molar-refractivity contribution is 5.89. The summed E-state index contributed by atoms with van der Waals surface area (Å²) in [5, 5.41) is 6.10. The van der Waals surface area contributed by atoms with Gasteiger partial charge in [0.05, 0.1) is 12.5 Å². The molecule has 1 aromatic heterocycles. The summed E-state index contributed by atoms with van der Waals surface area (Å²) in [6.45, 7) is 1.82. The second kappa shape index (κ2) is 4.61. The van der Waals surface area contributed by atoms with Gasteiger partial charge in [-0.25, -0.2) is 0 Å². The molecule has 0 aromatic carbocycles. The fourth-order valence-corrected chi connectivity index (χ4v) is 0.815. The zero-order valence-corrected chi connectivity index (χ0v) is 7.61. The van der Waals surface area contributed by atoms with Gasteiger partial charge in [-0.05, 0) is 6.92 Å². The van der Waals surface area contributed by atoms with Crippen LogP contribution in [0.2, 0.25) is 0 Å². The van der Waals surface area contributed by atoms with E-state index in [9.17, 15) is 4.79 Å². The molecule has 0 fully saturated rings. The molecule has 0 saturated carbocycles. The fourth-order valence-electron chi connectivity index (χ4n) is 0.815. The van der Waals surface area contributed by atoms with Crippen LogP contribution in [0.25, 0.3) is 0 Å². The Kier molecular flexibility index (Phi) is 3.45. The van der Waals surface area contributed by atoms with E-state index in [4.69, 9.17) is 4.74 Å². The number of methoxy groups -OCH3 is 1. The van der Waals surface area contributed by atoms with Crippen molar-refractivity contribution < 1.29 is 14.1 Å². The minimum absolute atomic E-state index is 0.0908. The first-order valence-corrected chi connectivity index (χ1v) is 3.95. The summed E-state index contributed by atoms with van der Waals surface area (Å²) in [6.07, 6.45) is 1.62. The first-order valence-electron chi connectivity index (χ1n) is 3.95. The Morgan fingerprint density at radius 2 is 2.62 bits per heavy atom. The minimum atomic E-state index is -0.136. The molecule has 1 amide bonds. The normalized spacial score (nSPS) is 12.5. The van der Waals surface area contributed by atoms with Crippen LogP contribution < -0.4 is 5.32 Å². The van der Waals surface area contributed by atoms with Gasteiger partial charge < -0.3 is 14.6 Å². The van der Waals surface area contributed by atoms with Gasteiger partial charge in [-0.3, -0.25) is 4.79 Å². The van der Waals surface area contributed by atoms with E-state index >= 15 is 0 Å². The smallest absolute Gasteiger partial charge is 0.228 e. The Labute approximate surface area is 76.0 Å².